The van der Waals surface area contributed by atoms with Crippen LogP contribution in [0.2, 0.25) is 5.02 Å². The first-order valence-corrected chi connectivity index (χ1v) is 11.6. The molecule has 1 fully saturated rings. The number of likely N-dealkylation sites (tertiary alicyclic amines) is 1. The van der Waals surface area contributed by atoms with Crippen molar-refractivity contribution in [2.75, 3.05) is 13.2 Å². The number of carbonyl (C=O) groups excluding carboxylic acids is 2. The Bertz CT molecular complexity index is 1010. The molecule has 170 valence electrons. The molecule has 0 radical (unpaired) electrons. The van der Waals surface area contributed by atoms with Gasteiger partial charge in [-0.2, -0.15) is 0 Å². The van der Waals surface area contributed by atoms with Gasteiger partial charge < -0.3 is 14.7 Å². The highest BCUT2D eigenvalue weighted by molar-refractivity contribution is 6.46. The summed E-state index contributed by atoms with van der Waals surface area (Å²) < 4.78 is 5.53. The van der Waals surface area contributed by atoms with Crippen LogP contribution in [0.25, 0.3) is 5.76 Å². The van der Waals surface area contributed by atoms with Crippen LogP contribution in [-0.2, 0) is 16.0 Å². The number of benzene rings is 2. The standard InChI is InChI=1S/C26H30ClNO4/c1-4-7-8-15-28-23(18-11-9-17(5-2)10-12-18)22(25(30)26(28)31)24(29)19-13-14-20(27)21(16-19)32-6-3/h9-14,16,23,29H,4-8,15H2,1-3H3/b24-22-. The highest BCUT2D eigenvalue weighted by Gasteiger charge is 2.45. The smallest absolute Gasteiger partial charge is 0.295 e. The number of hydrogen-bond donors (Lipinski definition) is 1. The van der Waals surface area contributed by atoms with Crippen LogP contribution < -0.4 is 4.74 Å². The quantitative estimate of drug-likeness (QED) is 0.221. The van der Waals surface area contributed by atoms with Gasteiger partial charge in [-0.15, -0.1) is 0 Å². The number of halogens is 1. The number of aliphatic hydroxyl groups is 1. The van der Waals surface area contributed by atoms with Crippen molar-refractivity contribution in [3.8, 4) is 5.75 Å². The zero-order valence-electron chi connectivity index (χ0n) is 18.9. The van der Waals surface area contributed by atoms with Gasteiger partial charge in [-0.1, -0.05) is 62.6 Å². The van der Waals surface area contributed by atoms with Crippen LogP contribution >= 0.6 is 11.6 Å². The average Bonchev–Trinajstić information content (AvgIpc) is 3.05. The van der Waals surface area contributed by atoms with Gasteiger partial charge in [0.25, 0.3) is 11.7 Å². The van der Waals surface area contributed by atoms with Gasteiger partial charge in [0.2, 0.25) is 0 Å². The fraction of sp³-hybridized carbons (Fsp3) is 0.385. The van der Waals surface area contributed by atoms with Gasteiger partial charge in [0.15, 0.2) is 0 Å². The molecule has 1 heterocycles. The van der Waals surface area contributed by atoms with Gasteiger partial charge in [-0.25, -0.2) is 0 Å². The molecule has 0 saturated carbocycles. The van der Waals surface area contributed by atoms with E-state index in [4.69, 9.17) is 16.3 Å². The van der Waals surface area contributed by atoms with E-state index in [0.717, 1.165) is 36.8 Å². The summed E-state index contributed by atoms with van der Waals surface area (Å²) in [5.41, 5.74) is 2.45. The highest BCUT2D eigenvalue weighted by atomic mass is 35.5. The number of ketones is 1. The number of unbranched alkanes of at least 4 members (excludes halogenated alkanes) is 2. The van der Waals surface area contributed by atoms with E-state index in [2.05, 4.69) is 13.8 Å². The lowest BCUT2D eigenvalue weighted by atomic mass is 9.94. The molecule has 1 aliphatic rings. The zero-order chi connectivity index (χ0) is 23.3. The SMILES string of the molecule is CCCCCN1C(=O)C(=O)/C(=C(\O)c2ccc(Cl)c(OCC)c2)C1c1ccc(CC)cc1. The summed E-state index contributed by atoms with van der Waals surface area (Å²) in [4.78, 5) is 27.6. The normalized spacial score (nSPS) is 17.8. The molecule has 2 aromatic rings. The molecule has 3 rings (SSSR count). The topological polar surface area (TPSA) is 66.8 Å². The van der Waals surface area contributed by atoms with Crippen molar-refractivity contribution < 1.29 is 19.4 Å². The van der Waals surface area contributed by atoms with Crippen molar-refractivity contribution in [3.63, 3.8) is 0 Å². The minimum absolute atomic E-state index is 0.0977. The minimum Gasteiger partial charge on any atom is -0.507 e. The van der Waals surface area contributed by atoms with Crippen LogP contribution in [0.3, 0.4) is 0 Å². The van der Waals surface area contributed by atoms with Crippen LogP contribution in [0, 0.1) is 0 Å². The Balaban J connectivity index is 2.12. The molecule has 0 bridgehead atoms. The fourth-order valence-electron chi connectivity index (χ4n) is 4.00. The Hall–Kier alpha value is -2.79. The van der Waals surface area contributed by atoms with Gasteiger partial charge in [0.1, 0.15) is 11.5 Å². The lowest BCUT2D eigenvalue weighted by Gasteiger charge is -2.25. The summed E-state index contributed by atoms with van der Waals surface area (Å²) in [7, 11) is 0. The van der Waals surface area contributed by atoms with Crippen molar-refractivity contribution in [1.29, 1.82) is 0 Å². The minimum atomic E-state index is -0.670. The number of carbonyl (C=O) groups is 2. The molecule has 5 nitrogen and oxygen atoms in total. The largest absolute Gasteiger partial charge is 0.507 e. The highest BCUT2D eigenvalue weighted by Crippen LogP contribution is 2.40. The van der Waals surface area contributed by atoms with Crippen molar-refractivity contribution in [3.05, 3.63) is 69.8 Å². The second-order valence-corrected chi connectivity index (χ2v) is 8.28. The van der Waals surface area contributed by atoms with Gasteiger partial charge in [-0.3, -0.25) is 9.59 Å². The average molecular weight is 456 g/mol. The van der Waals surface area contributed by atoms with E-state index in [1.54, 1.807) is 23.1 Å². The van der Waals surface area contributed by atoms with E-state index >= 15 is 0 Å². The van der Waals surface area contributed by atoms with E-state index in [1.807, 2.05) is 31.2 Å². The maximum atomic E-state index is 13.1. The monoisotopic (exact) mass is 455 g/mol. The number of rotatable bonds is 9. The fourth-order valence-corrected chi connectivity index (χ4v) is 4.17. The van der Waals surface area contributed by atoms with E-state index in [-0.39, 0.29) is 11.3 Å². The number of aryl methyl sites for hydroxylation is 1. The van der Waals surface area contributed by atoms with Gasteiger partial charge in [0.05, 0.1) is 23.2 Å². The van der Waals surface area contributed by atoms with Crippen molar-refractivity contribution in [2.45, 2.75) is 52.5 Å². The molecule has 1 atom stereocenters. The zero-order valence-corrected chi connectivity index (χ0v) is 19.6. The first kappa shape index (κ1) is 23.9. The van der Waals surface area contributed by atoms with E-state index in [9.17, 15) is 14.7 Å². The molecule has 1 unspecified atom stereocenters. The predicted octanol–water partition coefficient (Wildman–Crippen LogP) is 5.91. The molecule has 32 heavy (non-hydrogen) atoms. The molecule has 2 aromatic carbocycles. The molecule has 0 aliphatic carbocycles. The van der Waals surface area contributed by atoms with Gasteiger partial charge in [-0.05, 0) is 49.1 Å². The Morgan fingerprint density at radius 1 is 1.06 bits per heavy atom. The van der Waals surface area contributed by atoms with E-state index in [1.165, 1.54) is 0 Å². The molecular weight excluding hydrogens is 426 g/mol. The lowest BCUT2D eigenvalue weighted by Crippen LogP contribution is -2.30. The molecule has 1 N–H and O–H groups in total. The molecular formula is C26H30ClNO4. The van der Waals surface area contributed by atoms with Crippen LogP contribution in [0.1, 0.15) is 62.8 Å². The summed E-state index contributed by atoms with van der Waals surface area (Å²) in [6, 6.07) is 12.1. The maximum absolute atomic E-state index is 13.1. The molecule has 1 aliphatic heterocycles. The van der Waals surface area contributed by atoms with Crippen LogP contribution in [0.15, 0.2) is 48.0 Å². The third-order valence-electron chi connectivity index (χ3n) is 5.75. The molecule has 0 spiro atoms. The predicted molar refractivity (Wildman–Crippen MR) is 127 cm³/mol. The van der Waals surface area contributed by atoms with Crippen LogP contribution in [0.5, 0.6) is 5.75 Å². The summed E-state index contributed by atoms with van der Waals surface area (Å²) in [5, 5.41) is 11.6. The molecule has 6 heteroatoms. The number of Topliss-reactive ketones (excluding diaryl/α,β-unsaturated/α-hetero) is 1. The van der Waals surface area contributed by atoms with E-state index < -0.39 is 17.7 Å². The number of amides is 1. The van der Waals surface area contributed by atoms with Crippen LogP contribution in [-0.4, -0.2) is 34.8 Å². The van der Waals surface area contributed by atoms with Crippen molar-refractivity contribution >= 4 is 29.1 Å². The van der Waals surface area contributed by atoms with E-state index in [0.29, 0.717) is 29.5 Å². The molecule has 1 amide bonds. The number of aliphatic hydroxyl groups excluding tert-OH is 1. The van der Waals surface area contributed by atoms with Crippen molar-refractivity contribution in [1.82, 2.24) is 4.90 Å². The summed E-state index contributed by atoms with van der Waals surface area (Å²) in [6.07, 6.45) is 3.65. The number of nitrogens with zero attached hydrogens (tertiary/aromatic N) is 1. The van der Waals surface area contributed by atoms with Gasteiger partial charge in [0, 0.05) is 12.1 Å². The lowest BCUT2D eigenvalue weighted by molar-refractivity contribution is -0.139. The number of ether oxygens (including phenoxy) is 1. The maximum Gasteiger partial charge on any atom is 0.295 e. The first-order valence-electron chi connectivity index (χ1n) is 11.2. The molecule has 1 saturated heterocycles. The Morgan fingerprint density at radius 2 is 1.78 bits per heavy atom. The number of hydrogen-bond acceptors (Lipinski definition) is 4. The third kappa shape index (κ3) is 4.83. The van der Waals surface area contributed by atoms with Gasteiger partial charge >= 0.3 is 0 Å². The summed E-state index contributed by atoms with van der Waals surface area (Å²) in [6.45, 7) is 6.87. The summed E-state index contributed by atoms with van der Waals surface area (Å²) >= 11 is 6.19. The Morgan fingerprint density at radius 3 is 2.41 bits per heavy atom. The Labute approximate surface area is 194 Å². The molecule has 0 aromatic heterocycles. The summed E-state index contributed by atoms with van der Waals surface area (Å²) in [5.74, 6) is -1.05. The third-order valence-corrected chi connectivity index (χ3v) is 6.06. The van der Waals surface area contributed by atoms with Crippen molar-refractivity contribution in [2.24, 2.45) is 0 Å². The second-order valence-electron chi connectivity index (χ2n) is 7.87. The van der Waals surface area contributed by atoms with Crippen LogP contribution in [0.4, 0.5) is 0 Å². The first-order chi connectivity index (χ1) is 15.4. The second kappa shape index (κ2) is 10.7. The Kier molecular flexibility index (Phi) is 7.97.